The Bertz CT molecular complexity index is 455. The highest BCUT2D eigenvalue weighted by molar-refractivity contribution is 5.94. The highest BCUT2D eigenvalue weighted by Crippen LogP contribution is 2.10. The molecule has 0 aromatic heterocycles. The molecule has 0 aliphatic carbocycles. The van der Waals surface area contributed by atoms with E-state index in [0.29, 0.717) is 18.5 Å². The maximum Gasteiger partial charge on any atom is 0.308 e. The molecule has 1 rings (SSSR count). The van der Waals surface area contributed by atoms with E-state index in [9.17, 15) is 9.59 Å². The number of carbonyl (C=O) groups is 2. The predicted molar refractivity (Wildman–Crippen MR) is 75.6 cm³/mol. The average Bonchev–Trinajstić information content (AvgIpc) is 2.43. The fraction of sp³-hybridized carbons (Fsp3) is 0.467. The van der Waals surface area contributed by atoms with Gasteiger partial charge in [-0.15, -0.1) is 0 Å². The van der Waals surface area contributed by atoms with Crippen LogP contribution in [-0.4, -0.2) is 46.7 Å². The first-order chi connectivity index (χ1) is 9.45. The first-order valence-electron chi connectivity index (χ1n) is 6.65. The number of carbonyl (C=O) groups excluding carboxylic acids is 1. The van der Waals surface area contributed by atoms with Crippen molar-refractivity contribution in [3.8, 4) is 0 Å². The maximum atomic E-state index is 12.4. The molecule has 20 heavy (non-hydrogen) atoms. The monoisotopic (exact) mass is 279 g/mol. The number of aryl methyl sites for hydroxylation is 1. The lowest BCUT2D eigenvalue weighted by molar-refractivity contribution is -0.141. The van der Waals surface area contributed by atoms with Gasteiger partial charge in [-0.3, -0.25) is 9.59 Å². The molecule has 5 heteroatoms. The topological polar surface area (TPSA) is 77.8 Å². The van der Waals surface area contributed by atoms with E-state index in [0.717, 1.165) is 5.56 Å². The third kappa shape index (κ3) is 4.66. The van der Waals surface area contributed by atoms with E-state index in [1.165, 1.54) is 4.90 Å². The zero-order valence-electron chi connectivity index (χ0n) is 11.9. The van der Waals surface area contributed by atoms with Gasteiger partial charge in [-0.1, -0.05) is 24.6 Å². The zero-order chi connectivity index (χ0) is 15.1. The smallest absolute Gasteiger partial charge is 0.308 e. The third-order valence-corrected chi connectivity index (χ3v) is 3.09. The van der Waals surface area contributed by atoms with E-state index in [1.807, 2.05) is 19.1 Å². The normalized spacial score (nSPS) is 11.9. The minimum Gasteiger partial charge on any atom is -0.481 e. The summed E-state index contributed by atoms with van der Waals surface area (Å²) < 4.78 is 0. The van der Waals surface area contributed by atoms with Gasteiger partial charge in [-0.05, 0) is 25.5 Å². The number of carboxylic acids is 1. The molecule has 0 spiro atoms. The van der Waals surface area contributed by atoms with E-state index in [4.69, 9.17) is 10.2 Å². The van der Waals surface area contributed by atoms with Crippen LogP contribution < -0.4 is 0 Å². The molecule has 0 aliphatic heterocycles. The predicted octanol–water partition coefficient (Wildman–Crippen LogP) is 1.54. The second-order valence-electron chi connectivity index (χ2n) is 4.93. The highest BCUT2D eigenvalue weighted by atomic mass is 16.4. The fourth-order valence-electron chi connectivity index (χ4n) is 1.82. The number of rotatable bonds is 7. The summed E-state index contributed by atoms with van der Waals surface area (Å²) in [4.78, 5) is 24.8. The summed E-state index contributed by atoms with van der Waals surface area (Å²) in [5.74, 6) is -1.77. The van der Waals surface area contributed by atoms with Gasteiger partial charge in [0.1, 0.15) is 0 Å². The Balaban J connectivity index is 2.83. The van der Waals surface area contributed by atoms with Crippen molar-refractivity contribution in [2.45, 2.75) is 20.3 Å². The molecule has 0 saturated heterocycles. The number of hydrogen-bond donors (Lipinski definition) is 2. The molecule has 1 aromatic rings. The SMILES string of the molecule is Cc1ccc(C(=O)N(CCCO)CC(C)C(=O)O)cc1. The van der Waals surface area contributed by atoms with Gasteiger partial charge in [0.2, 0.25) is 0 Å². The van der Waals surface area contributed by atoms with Crippen LogP contribution in [0.2, 0.25) is 0 Å². The average molecular weight is 279 g/mol. The Morgan fingerprint density at radius 2 is 1.85 bits per heavy atom. The van der Waals surface area contributed by atoms with Crippen molar-refractivity contribution in [2.75, 3.05) is 19.7 Å². The summed E-state index contributed by atoms with van der Waals surface area (Å²) in [5.41, 5.74) is 1.59. The molecule has 1 unspecified atom stereocenters. The highest BCUT2D eigenvalue weighted by Gasteiger charge is 2.21. The number of benzene rings is 1. The van der Waals surface area contributed by atoms with Crippen LogP contribution in [0.5, 0.6) is 0 Å². The molecule has 5 nitrogen and oxygen atoms in total. The maximum absolute atomic E-state index is 12.4. The molecule has 0 bridgehead atoms. The van der Waals surface area contributed by atoms with Gasteiger partial charge in [-0.25, -0.2) is 0 Å². The van der Waals surface area contributed by atoms with Gasteiger partial charge in [0.05, 0.1) is 5.92 Å². The van der Waals surface area contributed by atoms with E-state index in [2.05, 4.69) is 0 Å². The second-order valence-corrected chi connectivity index (χ2v) is 4.93. The molecule has 0 aliphatic rings. The number of aliphatic hydroxyl groups excluding tert-OH is 1. The largest absolute Gasteiger partial charge is 0.481 e. The number of aliphatic carboxylic acids is 1. The summed E-state index contributed by atoms with van der Waals surface area (Å²) >= 11 is 0. The third-order valence-electron chi connectivity index (χ3n) is 3.09. The molecule has 0 fully saturated rings. The summed E-state index contributed by atoms with van der Waals surface area (Å²) in [6.45, 7) is 3.96. The molecule has 0 heterocycles. The van der Waals surface area contributed by atoms with Crippen LogP contribution in [0.25, 0.3) is 0 Å². The van der Waals surface area contributed by atoms with E-state index < -0.39 is 11.9 Å². The Hall–Kier alpha value is -1.88. The Morgan fingerprint density at radius 1 is 1.25 bits per heavy atom. The molecule has 1 atom stereocenters. The van der Waals surface area contributed by atoms with E-state index >= 15 is 0 Å². The van der Waals surface area contributed by atoms with E-state index in [-0.39, 0.29) is 19.1 Å². The van der Waals surface area contributed by atoms with Crippen molar-refractivity contribution in [1.82, 2.24) is 4.90 Å². The molecular weight excluding hydrogens is 258 g/mol. The number of aliphatic hydroxyl groups is 1. The van der Waals surface area contributed by atoms with Crippen LogP contribution in [0, 0.1) is 12.8 Å². The van der Waals surface area contributed by atoms with Crippen molar-refractivity contribution in [3.05, 3.63) is 35.4 Å². The molecule has 1 amide bonds. The molecule has 0 saturated carbocycles. The van der Waals surface area contributed by atoms with Crippen LogP contribution >= 0.6 is 0 Å². The van der Waals surface area contributed by atoms with Crippen LogP contribution in [-0.2, 0) is 4.79 Å². The van der Waals surface area contributed by atoms with E-state index in [1.54, 1.807) is 19.1 Å². The summed E-state index contributed by atoms with van der Waals surface area (Å²) in [6, 6.07) is 7.15. The second kappa shape index (κ2) is 7.65. The molecule has 110 valence electrons. The zero-order valence-corrected chi connectivity index (χ0v) is 11.9. The van der Waals surface area contributed by atoms with Crippen molar-refractivity contribution in [1.29, 1.82) is 0 Å². The minimum atomic E-state index is -0.935. The standard InChI is InChI=1S/C15H21NO4/c1-11-4-6-13(7-5-11)14(18)16(8-3-9-17)10-12(2)15(19)20/h4-7,12,17H,3,8-10H2,1-2H3,(H,19,20). The first-order valence-corrected chi connectivity index (χ1v) is 6.65. The Morgan fingerprint density at radius 3 is 2.35 bits per heavy atom. The molecule has 0 radical (unpaired) electrons. The van der Waals surface area contributed by atoms with Crippen molar-refractivity contribution in [3.63, 3.8) is 0 Å². The van der Waals surface area contributed by atoms with Crippen molar-refractivity contribution < 1.29 is 19.8 Å². The first kappa shape index (κ1) is 16.2. The molecule has 2 N–H and O–H groups in total. The summed E-state index contributed by atoms with van der Waals surface area (Å²) in [7, 11) is 0. The Labute approximate surface area is 118 Å². The molecule has 1 aromatic carbocycles. The van der Waals surface area contributed by atoms with Gasteiger partial charge in [0.25, 0.3) is 5.91 Å². The number of nitrogens with zero attached hydrogens (tertiary/aromatic N) is 1. The van der Waals surface area contributed by atoms with Crippen LogP contribution in [0.15, 0.2) is 24.3 Å². The fourth-order valence-corrected chi connectivity index (χ4v) is 1.82. The van der Waals surface area contributed by atoms with Gasteiger partial charge in [0, 0.05) is 25.3 Å². The summed E-state index contributed by atoms with van der Waals surface area (Å²) in [5, 5.41) is 17.9. The lowest BCUT2D eigenvalue weighted by Gasteiger charge is -2.24. The van der Waals surface area contributed by atoms with Crippen LogP contribution in [0.3, 0.4) is 0 Å². The Kier molecular flexibility index (Phi) is 6.18. The van der Waals surface area contributed by atoms with Crippen LogP contribution in [0.4, 0.5) is 0 Å². The lowest BCUT2D eigenvalue weighted by Crippen LogP contribution is -2.38. The van der Waals surface area contributed by atoms with Crippen molar-refractivity contribution >= 4 is 11.9 Å². The number of hydrogen-bond acceptors (Lipinski definition) is 3. The van der Waals surface area contributed by atoms with Gasteiger partial charge >= 0.3 is 5.97 Å². The molecular formula is C15H21NO4. The van der Waals surface area contributed by atoms with Gasteiger partial charge in [0.15, 0.2) is 0 Å². The summed E-state index contributed by atoms with van der Waals surface area (Å²) in [6.07, 6.45) is 0.434. The van der Waals surface area contributed by atoms with Gasteiger partial charge < -0.3 is 15.1 Å². The minimum absolute atomic E-state index is 0.0286. The quantitative estimate of drug-likeness (QED) is 0.793. The van der Waals surface area contributed by atoms with Crippen LogP contribution in [0.1, 0.15) is 29.3 Å². The number of carboxylic acid groups (broad SMARTS) is 1. The van der Waals surface area contributed by atoms with Crippen molar-refractivity contribution in [2.24, 2.45) is 5.92 Å². The van der Waals surface area contributed by atoms with Gasteiger partial charge in [-0.2, -0.15) is 0 Å². The lowest BCUT2D eigenvalue weighted by atomic mass is 10.1. The number of amides is 1.